The molecule has 0 fully saturated rings. The fraction of sp³-hybridized carbons (Fsp3) is 0.154. The van der Waals surface area contributed by atoms with Gasteiger partial charge in [-0.2, -0.15) is 0 Å². The summed E-state index contributed by atoms with van der Waals surface area (Å²) in [6.45, 7) is 4.44. The molecule has 0 aliphatic heterocycles. The Morgan fingerprint density at radius 1 is 1.42 bits per heavy atom. The maximum Gasteiger partial charge on any atom is 0.271 e. The van der Waals surface area contributed by atoms with Gasteiger partial charge in [-0.25, -0.2) is 9.97 Å². The Balaban J connectivity index is 1.90. The van der Waals surface area contributed by atoms with Gasteiger partial charge in [-0.3, -0.25) is 4.79 Å². The van der Waals surface area contributed by atoms with E-state index in [0.717, 1.165) is 5.76 Å². The third-order valence-corrected chi connectivity index (χ3v) is 2.32. The van der Waals surface area contributed by atoms with Gasteiger partial charge in [0.15, 0.2) is 0 Å². The van der Waals surface area contributed by atoms with Crippen LogP contribution in [0.15, 0.2) is 47.9 Å². The summed E-state index contributed by atoms with van der Waals surface area (Å²) in [6, 6.07) is 3.67. The van der Waals surface area contributed by atoms with Crippen LogP contribution in [-0.4, -0.2) is 22.4 Å². The van der Waals surface area contributed by atoms with Crippen molar-refractivity contribution >= 4 is 11.7 Å². The van der Waals surface area contributed by atoms with Gasteiger partial charge >= 0.3 is 0 Å². The topological polar surface area (TPSA) is 80.0 Å². The molecule has 0 saturated carbocycles. The summed E-state index contributed by atoms with van der Waals surface area (Å²) < 4.78 is 5.18. The predicted molar refractivity (Wildman–Crippen MR) is 70.6 cm³/mol. The molecule has 2 N–H and O–H groups in total. The fourth-order valence-electron chi connectivity index (χ4n) is 1.38. The van der Waals surface area contributed by atoms with E-state index in [0.29, 0.717) is 18.9 Å². The molecule has 0 atom stereocenters. The number of amides is 1. The average molecular weight is 258 g/mol. The Hall–Kier alpha value is -2.63. The minimum Gasteiger partial charge on any atom is -0.467 e. The fourth-order valence-corrected chi connectivity index (χ4v) is 1.38. The molecular formula is C13H14N4O2. The molecule has 0 aliphatic carbocycles. The molecule has 0 bridgehead atoms. The highest BCUT2D eigenvalue weighted by Gasteiger charge is 2.06. The van der Waals surface area contributed by atoms with Gasteiger partial charge in [0, 0.05) is 6.54 Å². The largest absolute Gasteiger partial charge is 0.467 e. The summed E-state index contributed by atoms with van der Waals surface area (Å²) in [6.07, 6.45) is 6.13. The van der Waals surface area contributed by atoms with Crippen molar-refractivity contribution in [1.29, 1.82) is 0 Å². The van der Waals surface area contributed by atoms with Crippen LogP contribution in [0.5, 0.6) is 0 Å². The first-order chi connectivity index (χ1) is 9.29. The molecule has 6 nitrogen and oxygen atoms in total. The maximum atomic E-state index is 11.6. The van der Waals surface area contributed by atoms with E-state index in [9.17, 15) is 4.79 Å². The van der Waals surface area contributed by atoms with E-state index < -0.39 is 0 Å². The van der Waals surface area contributed by atoms with Gasteiger partial charge in [-0.05, 0) is 12.1 Å². The summed E-state index contributed by atoms with van der Waals surface area (Å²) in [5.74, 6) is 1.11. The molecule has 0 aliphatic rings. The van der Waals surface area contributed by atoms with Gasteiger partial charge in [-0.15, -0.1) is 6.58 Å². The second-order valence-corrected chi connectivity index (χ2v) is 3.72. The van der Waals surface area contributed by atoms with Crippen molar-refractivity contribution in [3.8, 4) is 0 Å². The van der Waals surface area contributed by atoms with Crippen molar-refractivity contribution in [3.05, 3.63) is 54.9 Å². The van der Waals surface area contributed by atoms with Crippen LogP contribution in [0.2, 0.25) is 0 Å². The van der Waals surface area contributed by atoms with Crippen LogP contribution in [0.25, 0.3) is 0 Å². The van der Waals surface area contributed by atoms with Crippen molar-refractivity contribution in [2.75, 3.05) is 11.9 Å². The zero-order chi connectivity index (χ0) is 13.5. The van der Waals surface area contributed by atoms with Crippen LogP contribution in [-0.2, 0) is 6.54 Å². The third kappa shape index (κ3) is 3.67. The van der Waals surface area contributed by atoms with Gasteiger partial charge in [0.2, 0.25) is 0 Å². The van der Waals surface area contributed by atoms with Gasteiger partial charge in [0.05, 0.1) is 25.2 Å². The predicted octanol–water partition coefficient (Wildman–Crippen LogP) is 1.60. The Bertz CT molecular complexity index is 534. The van der Waals surface area contributed by atoms with E-state index in [-0.39, 0.29) is 11.6 Å². The molecule has 19 heavy (non-hydrogen) atoms. The Morgan fingerprint density at radius 2 is 2.32 bits per heavy atom. The average Bonchev–Trinajstić information content (AvgIpc) is 2.96. The van der Waals surface area contributed by atoms with Crippen LogP contribution < -0.4 is 10.6 Å². The molecule has 2 heterocycles. The van der Waals surface area contributed by atoms with Crippen LogP contribution in [0.3, 0.4) is 0 Å². The molecule has 0 saturated heterocycles. The number of rotatable bonds is 6. The first kappa shape index (κ1) is 12.8. The Labute approximate surface area is 110 Å². The second-order valence-electron chi connectivity index (χ2n) is 3.72. The molecule has 2 rings (SSSR count). The molecule has 6 heteroatoms. The maximum absolute atomic E-state index is 11.6. The van der Waals surface area contributed by atoms with Crippen molar-refractivity contribution in [1.82, 2.24) is 15.3 Å². The summed E-state index contributed by atoms with van der Waals surface area (Å²) in [5.41, 5.74) is 0.269. The number of hydrogen-bond donors (Lipinski definition) is 2. The quantitative estimate of drug-likeness (QED) is 0.769. The lowest BCUT2D eigenvalue weighted by atomic mass is 10.4. The lowest BCUT2D eigenvalue weighted by molar-refractivity contribution is 0.0952. The second kappa shape index (κ2) is 6.34. The molecular weight excluding hydrogens is 244 g/mol. The molecule has 0 spiro atoms. The van der Waals surface area contributed by atoms with Crippen LogP contribution >= 0.6 is 0 Å². The van der Waals surface area contributed by atoms with E-state index in [1.165, 1.54) is 12.4 Å². The van der Waals surface area contributed by atoms with Gasteiger partial charge in [-0.1, -0.05) is 6.08 Å². The number of carbonyl (C=O) groups is 1. The Morgan fingerprint density at radius 3 is 2.95 bits per heavy atom. The highest BCUT2D eigenvalue weighted by molar-refractivity contribution is 5.92. The van der Waals surface area contributed by atoms with E-state index in [1.807, 2.05) is 12.1 Å². The first-order valence-corrected chi connectivity index (χ1v) is 5.77. The van der Waals surface area contributed by atoms with Gasteiger partial charge < -0.3 is 15.1 Å². The van der Waals surface area contributed by atoms with E-state index in [4.69, 9.17) is 4.42 Å². The highest BCUT2D eigenvalue weighted by atomic mass is 16.3. The highest BCUT2D eigenvalue weighted by Crippen LogP contribution is 2.05. The number of carbonyl (C=O) groups excluding carboxylic acids is 1. The molecule has 98 valence electrons. The minimum absolute atomic E-state index is 0.269. The van der Waals surface area contributed by atoms with Crippen molar-refractivity contribution in [2.24, 2.45) is 0 Å². The smallest absolute Gasteiger partial charge is 0.271 e. The van der Waals surface area contributed by atoms with Crippen molar-refractivity contribution in [2.45, 2.75) is 6.54 Å². The number of nitrogens with zero attached hydrogens (tertiary/aromatic N) is 2. The molecule has 0 unspecified atom stereocenters. The standard InChI is InChI=1S/C13H14N4O2/c1-2-5-14-13(18)11-8-17-12(9-15-11)16-7-10-4-3-6-19-10/h2-4,6,8-9H,1,5,7H2,(H,14,18)(H,16,17). The van der Waals surface area contributed by atoms with Gasteiger partial charge in [0.25, 0.3) is 5.91 Å². The van der Waals surface area contributed by atoms with Crippen LogP contribution in [0.4, 0.5) is 5.82 Å². The lowest BCUT2D eigenvalue weighted by Gasteiger charge is -2.04. The van der Waals surface area contributed by atoms with Crippen molar-refractivity contribution < 1.29 is 9.21 Å². The number of hydrogen-bond acceptors (Lipinski definition) is 5. The summed E-state index contributed by atoms with van der Waals surface area (Å²) in [7, 11) is 0. The SMILES string of the molecule is C=CCNC(=O)c1cnc(NCc2ccco2)cn1. The number of aromatic nitrogens is 2. The zero-order valence-electron chi connectivity index (χ0n) is 10.3. The van der Waals surface area contributed by atoms with E-state index >= 15 is 0 Å². The van der Waals surface area contributed by atoms with E-state index in [2.05, 4.69) is 27.2 Å². The number of anilines is 1. The molecule has 2 aromatic rings. The van der Waals surface area contributed by atoms with Crippen LogP contribution in [0, 0.1) is 0 Å². The molecule has 2 aromatic heterocycles. The lowest BCUT2D eigenvalue weighted by Crippen LogP contribution is -2.24. The molecule has 0 aromatic carbocycles. The Kier molecular flexibility index (Phi) is 4.28. The number of nitrogens with one attached hydrogen (secondary N) is 2. The normalized spacial score (nSPS) is 9.89. The summed E-state index contributed by atoms with van der Waals surface area (Å²) in [5, 5.41) is 5.67. The molecule has 0 radical (unpaired) electrons. The van der Waals surface area contributed by atoms with Crippen LogP contribution in [0.1, 0.15) is 16.2 Å². The third-order valence-electron chi connectivity index (χ3n) is 2.32. The summed E-state index contributed by atoms with van der Waals surface area (Å²) >= 11 is 0. The first-order valence-electron chi connectivity index (χ1n) is 5.77. The molecule has 1 amide bonds. The van der Waals surface area contributed by atoms with Crippen molar-refractivity contribution in [3.63, 3.8) is 0 Å². The monoisotopic (exact) mass is 258 g/mol. The van der Waals surface area contributed by atoms with E-state index in [1.54, 1.807) is 12.3 Å². The van der Waals surface area contributed by atoms with Gasteiger partial charge in [0.1, 0.15) is 17.3 Å². The number of furan rings is 1. The minimum atomic E-state index is -0.273. The zero-order valence-corrected chi connectivity index (χ0v) is 10.3. The summed E-state index contributed by atoms with van der Waals surface area (Å²) in [4.78, 5) is 19.7.